The van der Waals surface area contributed by atoms with E-state index in [1.807, 2.05) is 6.20 Å². The number of nitrogens with one attached hydrogen (secondary N) is 1. The fourth-order valence-corrected chi connectivity index (χ4v) is 3.39. The SMILES string of the molecule is CCCCc1ncc(CN2CCc3nc(S(C)(=O)=O)ncc3C2)[nH]1. The van der Waals surface area contributed by atoms with E-state index in [1.54, 1.807) is 6.20 Å². The molecule has 3 rings (SSSR count). The van der Waals surface area contributed by atoms with Gasteiger partial charge in [0.05, 0.1) is 5.69 Å². The summed E-state index contributed by atoms with van der Waals surface area (Å²) in [6.45, 7) is 4.54. The van der Waals surface area contributed by atoms with E-state index in [2.05, 4.69) is 31.8 Å². The van der Waals surface area contributed by atoms with Crippen LogP contribution in [0.4, 0.5) is 0 Å². The number of sulfone groups is 1. The third kappa shape index (κ3) is 3.99. The van der Waals surface area contributed by atoms with Crippen LogP contribution in [-0.2, 0) is 35.8 Å². The van der Waals surface area contributed by atoms with E-state index < -0.39 is 9.84 Å². The molecule has 2 aromatic rings. The van der Waals surface area contributed by atoms with Crippen LogP contribution in [-0.4, -0.2) is 46.1 Å². The average molecular weight is 349 g/mol. The molecule has 1 aliphatic heterocycles. The lowest BCUT2D eigenvalue weighted by molar-refractivity contribution is 0.239. The molecule has 0 atom stereocenters. The first-order valence-corrected chi connectivity index (χ1v) is 10.1. The minimum absolute atomic E-state index is 0.0798. The number of aromatic amines is 1. The lowest BCUT2D eigenvalue weighted by atomic mass is 10.1. The molecule has 2 aromatic heterocycles. The minimum Gasteiger partial charge on any atom is -0.345 e. The lowest BCUT2D eigenvalue weighted by Crippen LogP contribution is -2.31. The van der Waals surface area contributed by atoms with Crippen molar-refractivity contribution in [1.82, 2.24) is 24.8 Å². The maximum Gasteiger partial charge on any atom is 0.246 e. The van der Waals surface area contributed by atoms with Crippen molar-refractivity contribution < 1.29 is 8.42 Å². The number of fused-ring (bicyclic) bond motifs is 1. The fraction of sp³-hybridized carbons (Fsp3) is 0.562. The molecule has 0 aliphatic carbocycles. The Kier molecular flexibility index (Phi) is 4.96. The second-order valence-corrected chi connectivity index (χ2v) is 8.23. The molecule has 1 aliphatic rings. The van der Waals surface area contributed by atoms with Crippen molar-refractivity contribution in [3.05, 3.63) is 35.2 Å². The van der Waals surface area contributed by atoms with Crippen LogP contribution in [0.15, 0.2) is 17.6 Å². The molecule has 0 radical (unpaired) electrons. The van der Waals surface area contributed by atoms with Gasteiger partial charge in [-0.2, -0.15) is 0 Å². The molecule has 130 valence electrons. The van der Waals surface area contributed by atoms with E-state index in [0.717, 1.165) is 74.3 Å². The van der Waals surface area contributed by atoms with E-state index >= 15 is 0 Å². The Labute approximate surface area is 142 Å². The van der Waals surface area contributed by atoms with Gasteiger partial charge < -0.3 is 4.98 Å². The first-order valence-electron chi connectivity index (χ1n) is 8.25. The van der Waals surface area contributed by atoms with Crippen molar-refractivity contribution in [2.75, 3.05) is 12.8 Å². The Morgan fingerprint density at radius 1 is 1.29 bits per heavy atom. The molecular weight excluding hydrogens is 326 g/mol. The molecule has 0 saturated heterocycles. The summed E-state index contributed by atoms with van der Waals surface area (Å²) in [5.41, 5.74) is 2.95. The van der Waals surface area contributed by atoms with Gasteiger partial charge in [-0.1, -0.05) is 13.3 Å². The molecule has 7 nitrogen and oxygen atoms in total. The Balaban J connectivity index is 1.66. The summed E-state index contributed by atoms with van der Waals surface area (Å²) in [7, 11) is -3.35. The number of nitrogens with zero attached hydrogens (tertiary/aromatic N) is 4. The largest absolute Gasteiger partial charge is 0.345 e. The molecular formula is C16H23N5O2S. The van der Waals surface area contributed by atoms with Crippen molar-refractivity contribution in [2.45, 2.75) is 50.9 Å². The van der Waals surface area contributed by atoms with Gasteiger partial charge in [-0.15, -0.1) is 0 Å². The first kappa shape index (κ1) is 17.0. The second-order valence-electron chi connectivity index (χ2n) is 6.32. The highest BCUT2D eigenvalue weighted by molar-refractivity contribution is 7.90. The van der Waals surface area contributed by atoms with Crippen molar-refractivity contribution >= 4 is 9.84 Å². The number of hydrogen-bond acceptors (Lipinski definition) is 6. The number of unbranched alkanes of at least 4 members (excludes halogenated alkanes) is 1. The number of aryl methyl sites for hydroxylation is 1. The quantitative estimate of drug-likeness (QED) is 0.795. The highest BCUT2D eigenvalue weighted by Gasteiger charge is 2.21. The van der Waals surface area contributed by atoms with Gasteiger partial charge in [-0.3, -0.25) is 4.90 Å². The van der Waals surface area contributed by atoms with E-state index in [0.29, 0.717) is 0 Å². The predicted octanol–water partition coefficient (Wildman–Crippen LogP) is 1.50. The molecule has 0 amide bonds. The smallest absolute Gasteiger partial charge is 0.246 e. The topological polar surface area (TPSA) is 91.8 Å². The molecule has 24 heavy (non-hydrogen) atoms. The maximum absolute atomic E-state index is 11.6. The standard InChI is InChI=1S/C16H23N5O2S/c1-3-4-5-15-17-9-13(19-15)11-21-7-6-14-12(10-21)8-18-16(20-14)24(2,22)23/h8-9H,3-7,10-11H2,1-2H3,(H,17,19). The Morgan fingerprint density at radius 3 is 2.88 bits per heavy atom. The van der Waals surface area contributed by atoms with Crippen molar-refractivity contribution in [3.8, 4) is 0 Å². The number of hydrogen-bond donors (Lipinski definition) is 1. The highest BCUT2D eigenvalue weighted by Crippen LogP contribution is 2.19. The molecule has 1 N–H and O–H groups in total. The van der Waals surface area contributed by atoms with Crippen LogP contribution in [0.3, 0.4) is 0 Å². The second kappa shape index (κ2) is 6.98. The monoisotopic (exact) mass is 349 g/mol. The summed E-state index contributed by atoms with van der Waals surface area (Å²) in [5, 5.41) is -0.0798. The van der Waals surface area contributed by atoms with Gasteiger partial charge in [0.15, 0.2) is 0 Å². The summed E-state index contributed by atoms with van der Waals surface area (Å²) in [6, 6.07) is 0. The zero-order valence-electron chi connectivity index (χ0n) is 14.1. The van der Waals surface area contributed by atoms with E-state index in [1.165, 1.54) is 0 Å². The summed E-state index contributed by atoms with van der Waals surface area (Å²) in [5.74, 6) is 1.05. The van der Waals surface area contributed by atoms with Crippen LogP contribution in [0.5, 0.6) is 0 Å². The van der Waals surface area contributed by atoms with Crippen LogP contribution in [0.25, 0.3) is 0 Å². The molecule has 0 fully saturated rings. The van der Waals surface area contributed by atoms with E-state index in [9.17, 15) is 8.42 Å². The number of imidazole rings is 1. The fourth-order valence-electron chi connectivity index (χ4n) is 2.87. The van der Waals surface area contributed by atoms with E-state index in [-0.39, 0.29) is 5.16 Å². The zero-order valence-corrected chi connectivity index (χ0v) is 14.9. The summed E-state index contributed by atoms with van der Waals surface area (Å²) in [4.78, 5) is 18.3. The number of rotatable bonds is 6. The average Bonchev–Trinajstić information content (AvgIpc) is 2.99. The van der Waals surface area contributed by atoms with Crippen molar-refractivity contribution in [2.24, 2.45) is 0 Å². The molecule has 0 unspecified atom stereocenters. The normalized spacial score (nSPS) is 15.4. The van der Waals surface area contributed by atoms with Gasteiger partial charge in [-0.25, -0.2) is 23.4 Å². The van der Waals surface area contributed by atoms with Crippen LogP contribution >= 0.6 is 0 Å². The van der Waals surface area contributed by atoms with Gasteiger partial charge in [0.2, 0.25) is 15.0 Å². The minimum atomic E-state index is -3.35. The van der Waals surface area contributed by atoms with Gasteiger partial charge in [-0.05, 0) is 6.42 Å². The Morgan fingerprint density at radius 2 is 2.12 bits per heavy atom. The molecule has 0 saturated carbocycles. The third-order valence-electron chi connectivity index (χ3n) is 4.16. The van der Waals surface area contributed by atoms with Crippen LogP contribution in [0.1, 0.15) is 42.5 Å². The first-order chi connectivity index (χ1) is 11.5. The van der Waals surface area contributed by atoms with Gasteiger partial charge in [0.1, 0.15) is 5.82 Å². The molecule has 3 heterocycles. The Hall–Kier alpha value is -1.80. The van der Waals surface area contributed by atoms with Crippen LogP contribution in [0, 0.1) is 0 Å². The zero-order chi connectivity index (χ0) is 17.2. The number of aromatic nitrogens is 4. The Bertz CT molecular complexity index is 816. The van der Waals surface area contributed by atoms with Gasteiger partial charge in [0, 0.05) is 62.4 Å². The molecule has 0 spiro atoms. The predicted molar refractivity (Wildman–Crippen MR) is 90.2 cm³/mol. The van der Waals surface area contributed by atoms with Crippen molar-refractivity contribution in [3.63, 3.8) is 0 Å². The van der Waals surface area contributed by atoms with E-state index in [4.69, 9.17) is 0 Å². The summed E-state index contributed by atoms with van der Waals surface area (Å²) < 4.78 is 23.1. The highest BCUT2D eigenvalue weighted by atomic mass is 32.2. The summed E-state index contributed by atoms with van der Waals surface area (Å²) >= 11 is 0. The molecule has 0 aromatic carbocycles. The lowest BCUT2D eigenvalue weighted by Gasteiger charge is -2.27. The molecule has 0 bridgehead atoms. The maximum atomic E-state index is 11.6. The van der Waals surface area contributed by atoms with Gasteiger partial charge >= 0.3 is 0 Å². The van der Waals surface area contributed by atoms with Crippen molar-refractivity contribution in [1.29, 1.82) is 0 Å². The van der Waals surface area contributed by atoms with Crippen LogP contribution in [0.2, 0.25) is 0 Å². The van der Waals surface area contributed by atoms with Gasteiger partial charge in [0.25, 0.3) is 0 Å². The van der Waals surface area contributed by atoms with Crippen LogP contribution < -0.4 is 0 Å². The summed E-state index contributed by atoms with van der Waals surface area (Å²) in [6.07, 6.45) is 8.71. The number of H-pyrrole nitrogens is 1. The molecule has 8 heteroatoms. The third-order valence-corrected chi connectivity index (χ3v) is 5.02.